The summed E-state index contributed by atoms with van der Waals surface area (Å²) in [6, 6.07) is 6.43. The fourth-order valence-electron chi connectivity index (χ4n) is 1.18. The van der Waals surface area contributed by atoms with E-state index in [1.807, 2.05) is 14.1 Å². The maximum absolute atomic E-state index is 3.14. The molecular weight excluding hydrogens is 148 g/mol. The normalized spacial score (nSPS) is 9.58. The predicted octanol–water partition coefficient (Wildman–Crippen LogP) is 2.33. The van der Waals surface area contributed by atoms with Crippen LogP contribution in [0.2, 0.25) is 0 Å². The molecule has 0 saturated heterocycles. The van der Waals surface area contributed by atoms with E-state index in [9.17, 15) is 0 Å². The third-order valence-electron chi connectivity index (χ3n) is 1.98. The highest BCUT2D eigenvalue weighted by atomic mass is 14.8. The van der Waals surface area contributed by atoms with Crippen molar-refractivity contribution in [2.45, 2.75) is 13.3 Å². The lowest BCUT2D eigenvalue weighted by molar-refractivity contribution is 1.14. The third-order valence-corrected chi connectivity index (χ3v) is 1.98. The van der Waals surface area contributed by atoms with Crippen LogP contribution in [0.4, 0.5) is 11.4 Å². The van der Waals surface area contributed by atoms with Gasteiger partial charge in [0.1, 0.15) is 0 Å². The molecule has 0 aliphatic heterocycles. The zero-order valence-electron chi connectivity index (χ0n) is 7.94. The summed E-state index contributed by atoms with van der Waals surface area (Å²) >= 11 is 0. The lowest BCUT2D eigenvalue weighted by Gasteiger charge is -2.07. The number of benzene rings is 1. The van der Waals surface area contributed by atoms with Crippen LogP contribution in [0.3, 0.4) is 0 Å². The van der Waals surface area contributed by atoms with Gasteiger partial charge in [0, 0.05) is 25.5 Å². The highest BCUT2D eigenvalue weighted by Crippen LogP contribution is 2.18. The number of aryl methyl sites for hydroxylation is 1. The Morgan fingerprint density at radius 2 is 1.50 bits per heavy atom. The molecule has 2 nitrogen and oxygen atoms in total. The molecule has 0 atom stereocenters. The van der Waals surface area contributed by atoms with Gasteiger partial charge in [0.25, 0.3) is 0 Å². The SMILES string of the molecule is CCc1cc(NC)cc(NC)c1. The number of hydrogen-bond acceptors (Lipinski definition) is 2. The molecule has 0 aliphatic rings. The first-order valence-corrected chi connectivity index (χ1v) is 4.29. The van der Waals surface area contributed by atoms with Gasteiger partial charge in [-0.25, -0.2) is 0 Å². The summed E-state index contributed by atoms with van der Waals surface area (Å²) in [5.41, 5.74) is 3.68. The predicted molar refractivity (Wildman–Crippen MR) is 54.9 cm³/mol. The van der Waals surface area contributed by atoms with E-state index in [1.54, 1.807) is 0 Å². The number of anilines is 2. The van der Waals surface area contributed by atoms with E-state index in [2.05, 4.69) is 35.8 Å². The fourth-order valence-corrected chi connectivity index (χ4v) is 1.18. The van der Waals surface area contributed by atoms with Crippen LogP contribution in [-0.2, 0) is 6.42 Å². The minimum Gasteiger partial charge on any atom is -0.388 e. The maximum atomic E-state index is 3.14. The minimum atomic E-state index is 1.07. The molecule has 0 spiro atoms. The van der Waals surface area contributed by atoms with Crippen LogP contribution in [0, 0.1) is 0 Å². The quantitative estimate of drug-likeness (QED) is 0.716. The second kappa shape index (κ2) is 4.00. The second-order valence-electron chi connectivity index (χ2n) is 2.77. The van der Waals surface area contributed by atoms with Crippen molar-refractivity contribution in [2.75, 3.05) is 24.7 Å². The summed E-state index contributed by atoms with van der Waals surface area (Å²) in [5.74, 6) is 0. The molecule has 2 N–H and O–H groups in total. The molecule has 0 bridgehead atoms. The first kappa shape index (κ1) is 8.91. The van der Waals surface area contributed by atoms with Crippen molar-refractivity contribution in [1.82, 2.24) is 0 Å². The van der Waals surface area contributed by atoms with Gasteiger partial charge in [-0.05, 0) is 30.2 Å². The lowest BCUT2D eigenvalue weighted by Crippen LogP contribution is -1.94. The van der Waals surface area contributed by atoms with E-state index in [0.717, 1.165) is 6.42 Å². The molecule has 1 rings (SSSR count). The first-order valence-electron chi connectivity index (χ1n) is 4.29. The third kappa shape index (κ3) is 1.91. The summed E-state index contributed by atoms with van der Waals surface area (Å²) in [7, 11) is 3.88. The molecule has 66 valence electrons. The van der Waals surface area contributed by atoms with E-state index in [1.165, 1.54) is 16.9 Å². The minimum absolute atomic E-state index is 1.07. The van der Waals surface area contributed by atoms with Crippen LogP contribution in [0.25, 0.3) is 0 Å². The molecular formula is C10H16N2. The monoisotopic (exact) mass is 164 g/mol. The number of rotatable bonds is 3. The van der Waals surface area contributed by atoms with E-state index in [-0.39, 0.29) is 0 Å². The van der Waals surface area contributed by atoms with E-state index >= 15 is 0 Å². The van der Waals surface area contributed by atoms with Gasteiger partial charge in [0.05, 0.1) is 0 Å². The molecule has 0 unspecified atom stereocenters. The van der Waals surface area contributed by atoms with Crippen molar-refractivity contribution >= 4 is 11.4 Å². The van der Waals surface area contributed by atoms with Gasteiger partial charge < -0.3 is 10.6 Å². The van der Waals surface area contributed by atoms with Crippen molar-refractivity contribution < 1.29 is 0 Å². The molecule has 0 saturated carbocycles. The van der Waals surface area contributed by atoms with Crippen molar-refractivity contribution in [2.24, 2.45) is 0 Å². The molecule has 0 radical (unpaired) electrons. The van der Waals surface area contributed by atoms with E-state index in [0.29, 0.717) is 0 Å². The summed E-state index contributed by atoms with van der Waals surface area (Å²) < 4.78 is 0. The highest BCUT2D eigenvalue weighted by Gasteiger charge is 1.96. The Labute approximate surface area is 74.0 Å². The molecule has 0 aliphatic carbocycles. The van der Waals surface area contributed by atoms with Gasteiger partial charge in [-0.15, -0.1) is 0 Å². The molecule has 2 heteroatoms. The Morgan fingerprint density at radius 3 is 1.83 bits per heavy atom. The van der Waals surface area contributed by atoms with Gasteiger partial charge in [-0.1, -0.05) is 6.92 Å². The van der Waals surface area contributed by atoms with E-state index < -0.39 is 0 Å². The first-order chi connectivity index (χ1) is 5.80. The topological polar surface area (TPSA) is 24.1 Å². The van der Waals surface area contributed by atoms with Crippen molar-refractivity contribution in [3.8, 4) is 0 Å². The van der Waals surface area contributed by atoms with Gasteiger partial charge in [-0.2, -0.15) is 0 Å². The zero-order valence-corrected chi connectivity index (χ0v) is 7.94. The Morgan fingerprint density at radius 1 is 1.00 bits per heavy atom. The zero-order chi connectivity index (χ0) is 8.97. The smallest absolute Gasteiger partial charge is 0.0361 e. The molecule has 1 aromatic rings. The largest absolute Gasteiger partial charge is 0.388 e. The molecule has 0 amide bonds. The molecule has 0 heterocycles. The summed E-state index contributed by atoms with van der Waals surface area (Å²) in [6.45, 7) is 2.16. The van der Waals surface area contributed by atoms with E-state index in [4.69, 9.17) is 0 Å². The Balaban J connectivity index is 3.01. The van der Waals surface area contributed by atoms with Gasteiger partial charge >= 0.3 is 0 Å². The maximum Gasteiger partial charge on any atom is 0.0361 e. The van der Waals surface area contributed by atoms with Crippen LogP contribution in [-0.4, -0.2) is 14.1 Å². The Kier molecular flexibility index (Phi) is 2.97. The molecule has 12 heavy (non-hydrogen) atoms. The van der Waals surface area contributed by atoms with Crippen LogP contribution in [0.1, 0.15) is 12.5 Å². The molecule has 0 fully saturated rings. The van der Waals surface area contributed by atoms with Gasteiger partial charge in [0.15, 0.2) is 0 Å². The Bertz CT molecular complexity index is 201. The summed E-state index contributed by atoms with van der Waals surface area (Å²) in [5, 5.41) is 6.27. The molecule has 1 aromatic carbocycles. The van der Waals surface area contributed by atoms with Crippen LogP contribution in [0.15, 0.2) is 18.2 Å². The van der Waals surface area contributed by atoms with Crippen LogP contribution >= 0.6 is 0 Å². The van der Waals surface area contributed by atoms with Crippen molar-refractivity contribution in [3.05, 3.63) is 23.8 Å². The van der Waals surface area contributed by atoms with Crippen LogP contribution in [0.5, 0.6) is 0 Å². The second-order valence-corrected chi connectivity index (χ2v) is 2.77. The average molecular weight is 164 g/mol. The molecule has 0 aromatic heterocycles. The standard InChI is InChI=1S/C10H16N2/c1-4-8-5-9(11-2)7-10(6-8)12-3/h5-7,11-12H,4H2,1-3H3. The van der Waals surface area contributed by atoms with Crippen molar-refractivity contribution in [3.63, 3.8) is 0 Å². The van der Waals surface area contributed by atoms with Crippen molar-refractivity contribution in [1.29, 1.82) is 0 Å². The summed E-state index contributed by atoms with van der Waals surface area (Å²) in [4.78, 5) is 0. The van der Waals surface area contributed by atoms with Crippen LogP contribution < -0.4 is 10.6 Å². The number of hydrogen-bond donors (Lipinski definition) is 2. The van der Waals surface area contributed by atoms with Gasteiger partial charge in [0.2, 0.25) is 0 Å². The average Bonchev–Trinajstić information content (AvgIpc) is 2.16. The number of nitrogens with one attached hydrogen (secondary N) is 2. The Hall–Kier alpha value is -1.18. The fraction of sp³-hybridized carbons (Fsp3) is 0.400. The summed E-state index contributed by atoms with van der Waals surface area (Å²) in [6.07, 6.45) is 1.07. The highest BCUT2D eigenvalue weighted by molar-refractivity contribution is 5.58. The lowest BCUT2D eigenvalue weighted by atomic mass is 10.1. The van der Waals surface area contributed by atoms with Gasteiger partial charge in [-0.3, -0.25) is 0 Å².